The fraction of sp³-hybridized carbons (Fsp3) is 0.846. The maximum atomic E-state index is 3.43. The van der Waals surface area contributed by atoms with Crippen LogP contribution >= 0.6 is 15.9 Å². The van der Waals surface area contributed by atoms with Crippen LogP contribution in [-0.2, 0) is 0 Å². The first-order valence-electron chi connectivity index (χ1n) is 6.12. The fourth-order valence-electron chi connectivity index (χ4n) is 1.47. The SMILES string of the molecule is CCCCCCCC/C=C\CCCBr. The van der Waals surface area contributed by atoms with Crippen LogP contribution < -0.4 is 0 Å². The van der Waals surface area contributed by atoms with Gasteiger partial charge in [0, 0.05) is 5.33 Å². The van der Waals surface area contributed by atoms with Crippen LogP contribution in [0.25, 0.3) is 0 Å². The van der Waals surface area contributed by atoms with Gasteiger partial charge in [0.15, 0.2) is 0 Å². The van der Waals surface area contributed by atoms with Crippen molar-refractivity contribution in [1.82, 2.24) is 0 Å². The molecule has 0 N–H and O–H groups in total. The summed E-state index contributed by atoms with van der Waals surface area (Å²) in [5.74, 6) is 0. The topological polar surface area (TPSA) is 0 Å². The summed E-state index contributed by atoms with van der Waals surface area (Å²) in [5.41, 5.74) is 0. The first-order chi connectivity index (χ1) is 6.91. The van der Waals surface area contributed by atoms with Gasteiger partial charge < -0.3 is 0 Å². The fourth-order valence-corrected chi connectivity index (χ4v) is 1.80. The molecule has 14 heavy (non-hydrogen) atoms. The number of unbranched alkanes of at least 4 members (excludes halogenated alkanes) is 7. The predicted octanol–water partition coefficient (Wildman–Crippen LogP) is 5.47. The van der Waals surface area contributed by atoms with Gasteiger partial charge in [-0.3, -0.25) is 0 Å². The van der Waals surface area contributed by atoms with E-state index in [1.807, 2.05) is 0 Å². The highest BCUT2D eigenvalue weighted by molar-refractivity contribution is 9.09. The molecule has 0 bridgehead atoms. The Balaban J connectivity index is 2.94. The second-order valence-corrected chi connectivity index (χ2v) is 4.65. The third kappa shape index (κ3) is 12.2. The van der Waals surface area contributed by atoms with E-state index < -0.39 is 0 Å². The lowest BCUT2D eigenvalue weighted by Gasteiger charge is -1.97. The van der Waals surface area contributed by atoms with E-state index in [9.17, 15) is 0 Å². The summed E-state index contributed by atoms with van der Waals surface area (Å²) in [6, 6.07) is 0. The molecule has 0 heterocycles. The van der Waals surface area contributed by atoms with Gasteiger partial charge in [0.05, 0.1) is 0 Å². The number of rotatable bonds is 10. The number of allylic oxidation sites excluding steroid dienone is 2. The maximum absolute atomic E-state index is 3.43. The third-order valence-corrected chi connectivity index (χ3v) is 2.96. The molecule has 0 saturated carbocycles. The van der Waals surface area contributed by atoms with Crippen LogP contribution in [0.3, 0.4) is 0 Å². The van der Waals surface area contributed by atoms with Gasteiger partial charge in [0.25, 0.3) is 0 Å². The molecular weight excluding hydrogens is 236 g/mol. The van der Waals surface area contributed by atoms with E-state index >= 15 is 0 Å². The molecule has 0 atom stereocenters. The van der Waals surface area contributed by atoms with Crippen molar-refractivity contribution >= 4 is 15.9 Å². The summed E-state index contributed by atoms with van der Waals surface area (Å²) in [5, 5.41) is 1.13. The zero-order chi connectivity index (χ0) is 10.5. The summed E-state index contributed by atoms with van der Waals surface area (Å²) in [6.45, 7) is 2.27. The average Bonchev–Trinajstić information content (AvgIpc) is 2.21. The molecular formula is C13H25Br. The van der Waals surface area contributed by atoms with E-state index in [0.717, 1.165) is 5.33 Å². The van der Waals surface area contributed by atoms with Crippen LogP contribution in [0.1, 0.15) is 64.7 Å². The molecule has 0 spiro atoms. The van der Waals surface area contributed by atoms with Crippen LogP contribution in [0, 0.1) is 0 Å². The molecule has 84 valence electrons. The zero-order valence-electron chi connectivity index (χ0n) is 9.60. The van der Waals surface area contributed by atoms with Gasteiger partial charge in [-0.15, -0.1) is 0 Å². The molecule has 0 aliphatic carbocycles. The Labute approximate surface area is 98.3 Å². The smallest absolute Gasteiger partial charge is 0.00342 e. The van der Waals surface area contributed by atoms with Gasteiger partial charge in [-0.2, -0.15) is 0 Å². The van der Waals surface area contributed by atoms with E-state index in [1.54, 1.807) is 0 Å². The molecule has 0 unspecified atom stereocenters. The highest BCUT2D eigenvalue weighted by atomic mass is 79.9. The van der Waals surface area contributed by atoms with Crippen molar-refractivity contribution in [3.05, 3.63) is 12.2 Å². The molecule has 0 radical (unpaired) electrons. The third-order valence-electron chi connectivity index (χ3n) is 2.40. The van der Waals surface area contributed by atoms with E-state index in [2.05, 4.69) is 35.0 Å². The standard InChI is InChI=1S/C13H25Br/c1-2-3-4-5-6-7-8-9-10-11-12-13-14/h9-10H,2-8,11-13H2,1H3/b10-9-. The van der Waals surface area contributed by atoms with Gasteiger partial charge in [-0.1, -0.05) is 67.1 Å². The minimum absolute atomic E-state index is 1.13. The van der Waals surface area contributed by atoms with Gasteiger partial charge in [-0.05, 0) is 25.7 Å². The van der Waals surface area contributed by atoms with Crippen molar-refractivity contribution in [2.45, 2.75) is 64.7 Å². The summed E-state index contributed by atoms with van der Waals surface area (Å²) in [4.78, 5) is 0. The molecule has 0 nitrogen and oxygen atoms in total. The first kappa shape index (κ1) is 14.2. The van der Waals surface area contributed by atoms with Crippen LogP contribution in [0.4, 0.5) is 0 Å². The summed E-state index contributed by atoms with van der Waals surface area (Å²) in [6.07, 6.45) is 16.9. The number of halogens is 1. The van der Waals surface area contributed by atoms with Crippen LogP contribution in [0.15, 0.2) is 12.2 Å². The van der Waals surface area contributed by atoms with Crippen molar-refractivity contribution in [1.29, 1.82) is 0 Å². The molecule has 1 heteroatoms. The summed E-state index contributed by atoms with van der Waals surface area (Å²) >= 11 is 3.43. The Morgan fingerprint density at radius 2 is 1.36 bits per heavy atom. The van der Waals surface area contributed by atoms with Crippen molar-refractivity contribution in [2.24, 2.45) is 0 Å². The quantitative estimate of drug-likeness (QED) is 0.278. The average molecular weight is 261 g/mol. The monoisotopic (exact) mass is 260 g/mol. The first-order valence-corrected chi connectivity index (χ1v) is 7.25. The largest absolute Gasteiger partial charge is 0.0928 e. The lowest BCUT2D eigenvalue weighted by atomic mass is 10.1. The normalized spacial score (nSPS) is 11.3. The van der Waals surface area contributed by atoms with Crippen molar-refractivity contribution in [2.75, 3.05) is 5.33 Å². The highest BCUT2D eigenvalue weighted by Gasteiger charge is 1.87. The molecule has 0 aromatic carbocycles. The molecule has 0 fully saturated rings. The summed E-state index contributed by atoms with van der Waals surface area (Å²) in [7, 11) is 0. The molecule has 0 amide bonds. The lowest BCUT2D eigenvalue weighted by Crippen LogP contribution is -1.77. The highest BCUT2D eigenvalue weighted by Crippen LogP contribution is 2.07. The molecule has 0 aliphatic rings. The van der Waals surface area contributed by atoms with Crippen molar-refractivity contribution < 1.29 is 0 Å². The van der Waals surface area contributed by atoms with Crippen LogP contribution in [0.2, 0.25) is 0 Å². The van der Waals surface area contributed by atoms with Crippen molar-refractivity contribution in [3.63, 3.8) is 0 Å². The van der Waals surface area contributed by atoms with Gasteiger partial charge >= 0.3 is 0 Å². The predicted molar refractivity (Wildman–Crippen MR) is 70.2 cm³/mol. The Kier molecular flexibility index (Phi) is 13.4. The number of hydrogen-bond acceptors (Lipinski definition) is 0. The van der Waals surface area contributed by atoms with E-state index in [0.29, 0.717) is 0 Å². The number of alkyl halides is 1. The Bertz CT molecular complexity index is 118. The van der Waals surface area contributed by atoms with Gasteiger partial charge in [0.1, 0.15) is 0 Å². The molecule has 0 saturated heterocycles. The second kappa shape index (κ2) is 13.2. The molecule has 0 aromatic rings. The summed E-state index contributed by atoms with van der Waals surface area (Å²) < 4.78 is 0. The van der Waals surface area contributed by atoms with Gasteiger partial charge in [0.2, 0.25) is 0 Å². The second-order valence-electron chi connectivity index (χ2n) is 3.86. The number of hydrogen-bond donors (Lipinski definition) is 0. The Morgan fingerprint density at radius 1 is 0.786 bits per heavy atom. The molecule has 0 aromatic heterocycles. The van der Waals surface area contributed by atoms with E-state index in [-0.39, 0.29) is 0 Å². The Morgan fingerprint density at radius 3 is 2.00 bits per heavy atom. The molecule has 0 rings (SSSR count). The maximum Gasteiger partial charge on any atom is 0.00342 e. The molecule has 0 aliphatic heterocycles. The van der Waals surface area contributed by atoms with E-state index in [1.165, 1.54) is 57.8 Å². The lowest BCUT2D eigenvalue weighted by molar-refractivity contribution is 0.611. The Hall–Kier alpha value is 0.220. The van der Waals surface area contributed by atoms with Crippen LogP contribution in [0.5, 0.6) is 0 Å². The van der Waals surface area contributed by atoms with Crippen LogP contribution in [-0.4, -0.2) is 5.33 Å². The van der Waals surface area contributed by atoms with Crippen molar-refractivity contribution in [3.8, 4) is 0 Å². The van der Waals surface area contributed by atoms with E-state index in [4.69, 9.17) is 0 Å². The zero-order valence-corrected chi connectivity index (χ0v) is 11.2. The minimum atomic E-state index is 1.13. The minimum Gasteiger partial charge on any atom is -0.0928 e. The van der Waals surface area contributed by atoms with Gasteiger partial charge in [-0.25, -0.2) is 0 Å².